The van der Waals surface area contributed by atoms with Crippen LogP contribution >= 0.6 is 34.8 Å². The van der Waals surface area contributed by atoms with Crippen molar-refractivity contribution in [2.45, 2.75) is 6.54 Å². The number of imidazole rings is 1. The average molecular weight is 319 g/mol. The van der Waals surface area contributed by atoms with Gasteiger partial charge in [0.15, 0.2) is 0 Å². The van der Waals surface area contributed by atoms with Crippen molar-refractivity contribution in [1.82, 2.24) is 14.9 Å². The van der Waals surface area contributed by atoms with Crippen molar-refractivity contribution in [2.75, 3.05) is 0 Å². The molecular weight excluding hydrogens is 309 g/mol. The Balaban J connectivity index is 2.17. The topological polar surface area (TPSA) is 46.9 Å². The van der Waals surface area contributed by atoms with E-state index >= 15 is 0 Å². The number of rotatable bonds is 3. The van der Waals surface area contributed by atoms with Gasteiger partial charge >= 0.3 is 0 Å². The van der Waals surface area contributed by atoms with Gasteiger partial charge in [-0.1, -0.05) is 34.8 Å². The van der Waals surface area contributed by atoms with Crippen LogP contribution in [-0.2, 0) is 13.6 Å². The standard InChI is InChI=1S/C12H10Cl3N3O/c1-18-5-4-16-9(18)6-17-12(19)10-7(13)2-3-8(14)11(10)15/h2-5H,6H2,1H3,(H,17,19). The van der Waals surface area contributed by atoms with E-state index < -0.39 is 0 Å². The van der Waals surface area contributed by atoms with E-state index in [2.05, 4.69) is 10.3 Å². The maximum absolute atomic E-state index is 12.1. The summed E-state index contributed by atoms with van der Waals surface area (Å²) in [6.45, 7) is 0.279. The van der Waals surface area contributed by atoms with Crippen LogP contribution in [0.5, 0.6) is 0 Å². The molecule has 0 unspecified atom stereocenters. The lowest BCUT2D eigenvalue weighted by atomic mass is 10.2. The number of aryl methyl sites for hydroxylation is 1. The Labute approximate surface area is 125 Å². The number of carbonyl (C=O) groups is 1. The molecule has 0 radical (unpaired) electrons. The molecule has 1 N–H and O–H groups in total. The van der Waals surface area contributed by atoms with Crippen LogP contribution in [0.15, 0.2) is 24.5 Å². The van der Waals surface area contributed by atoms with Gasteiger partial charge in [0.2, 0.25) is 0 Å². The molecule has 0 spiro atoms. The van der Waals surface area contributed by atoms with Crippen molar-refractivity contribution >= 4 is 40.7 Å². The number of amides is 1. The van der Waals surface area contributed by atoms with Gasteiger partial charge in [0, 0.05) is 19.4 Å². The summed E-state index contributed by atoms with van der Waals surface area (Å²) in [5.74, 6) is 0.336. The van der Waals surface area contributed by atoms with Crippen molar-refractivity contribution in [3.63, 3.8) is 0 Å². The van der Waals surface area contributed by atoms with Gasteiger partial charge in [-0.05, 0) is 12.1 Å². The molecular formula is C12H10Cl3N3O. The average Bonchev–Trinajstić information content (AvgIpc) is 2.77. The molecule has 1 amide bonds. The smallest absolute Gasteiger partial charge is 0.254 e. The highest BCUT2D eigenvalue weighted by atomic mass is 35.5. The number of aromatic nitrogens is 2. The minimum Gasteiger partial charge on any atom is -0.345 e. The zero-order valence-electron chi connectivity index (χ0n) is 9.95. The Bertz CT molecular complexity index is 625. The first-order valence-electron chi connectivity index (χ1n) is 5.38. The molecule has 0 fully saturated rings. The Morgan fingerprint density at radius 2 is 2.00 bits per heavy atom. The van der Waals surface area contributed by atoms with Gasteiger partial charge in [0.05, 0.1) is 27.2 Å². The lowest BCUT2D eigenvalue weighted by Crippen LogP contribution is -2.25. The molecule has 0 saturated heterocycles. The fourth-order valence-corrected chi connectivity index (χ4v) is 2.25. The number of hydrogen-bond acceptors (Lipinski definition) is 2. The van der Waals surface area contributed by atoms with Gasteiger partial charge in [-0.15, -0.1) is 0 Å². The van der Waals surface area contributed by atoms with Gasteiger partial charge in [0.25, 0.3) is 5.91 Å². The Morgan fingerprint density at radius 3 is 2.63 bits per heavy atom. The summed E-state index contributed by atoms with van der Waals surface area (Å²) in [7, 11) is 1.84. The van der Waals surface area contributed by atoms with Gasteiger partial charge in [-0.3, -0.25) is 4.79 Å². The molecule has 0 aliphatic carbocycles. The van der Waals surface area contributed by atoms with Gasteiger partial charge in [-0.2, -0.15) is 0 Å². The summed E-state index contributed by atoms with van der Waals surface area (Å²) in [4.78, 5) is 16.2. The summed E-state index contributed by atoms with van der Waals surface area (Å²) in [6, 6.07) is 3.08. The zero-order valence-corrected chi connectivity index (χ0v) is 12.2. The number of nitrogens with one attached hydrogen (secondary N) is 1. The van der Waals surface area contributed by atoms with Crippen molar-refractivity contribution in [1.29, 1.82) is 0 Å². The van der Waals surface area contributed by atoms with Crippen LogP contribution in [0, 0.1) is 0 Å². The largest absolute Gasteiger partial charge is 0.345 e. The number of nitrogens with zero attached hydrogens (tertiary/aromatic N) is 2. The van der Waals surface area contributed by atoms with E-state index in [4.69, 9.17) is 34.8 Å². The fourth-order valence-electron chi connectivity index (χ4n) is 1.55. The monoisotopic (exact) mass is 317 g/mol. The van der Waals surface area contributed by atoms with Crippen LogP contribution in [0.1, 0.15) is 16.2 Å². The number of halogens is 3. The van der Waals surface area contributed by atoms with Crippen LogP contribution in [-0.4, -0.2) is 15.5 Å². The van der Waals surface area contributed by atoms with Crippen LogP contribution in [0.25, 0.3) is 0 Å². The fraction of sp³-hybridized carbons (Fsp3) is 0.167. The highest BCUT2D eigenvalue weighted by Crippen LogP contribution is 2.31. The lowest BCUT2D eigenvalue weighted by molar-refractivity contribution is 0.0950. The molecule has 0 atom stereocenters. The van der Waals surface area contributed by atoms with Crippen molar-refractivity contribution in [3.8, 4) is 0 Å². The summed E-state index contributed by atoms with van der Waals surface area (Å²) in [6.07, 6.45) is 3.45. The SMILES string of the molecule is Cn1ccnc1CNC(=O)c1c(Cl)ccc(Cl)c1Cl. The van der Waals surface area contributed by atoms with Crippen molar-refractivity contribution < 1.29 is 4.79 Å². The number of benzene rings is 1. The first kappa shape index (κ1) is 14.2. The molecule has 100 valence electrons. The predicted octanol–water partition coefficient (Wildman–Crippen LogP) is 3.31. The second-order valence-electron chi connectivity index (χ2n) is 3.86. The Hall–Kier alpha value is -1.23. The molecule has 19 heavy (non-hydrogen) atoms. The third-order valence-electron chi connectivity index (χ3n) is 2.60. The molecule has 1 aromatic carbocycles. The normalized spacial score (nSPS) is 10.5. The van der Waals surface area contributed by atoms with E-state index in [1.54, 1.807) is 18.5 Å². The lowest BCUT2D eigenvalue weighted by Gasteiger charge is -2.09. The Morgan fingerprint density at radius 1 is 1.32 bits per heavy atom. The minimum atomic E-state index is -0.388. The molecule has 2 rings (SSSR count). The van der Waals surface area contributed by atoms with Gasteiger partial charge < -0.3 is 9.88 Å². The molecule has 2 aromatic rings. The van der Waals surface area contributed by atoms with Gasteiger partial charge in [-0.25, -0.2) is 4.98 Å². The van der Waals surface area contributed by atoms with Crippen molar-refractivity contribution in [2.24, 2.45) is 7.05 Å². The van der Waals surface area contributed by atoms with E-state index in [0.717, 1.165) is 5.82 Å². The van der Waals surface area contributed by atoms with Crippen LogP contribution in [0.4, 0.5) is 0 Å². The molecule has 0 aliphatic heterocycles. The third kappa shape index (κ3) is 3.03. The number of carbonyl (C=O) groups excluding carboxylic acids is 1. The second-order valence-corrected chi connectivity index (χ2v) is 5.05. The number of hydrogen-bond donors (Lipinski definition) is 1. The second kappa shape index (κ2) is 5.82. The highest BCUT2D eigenvalue weighted by molar-refractivity contribution is 6.46. The minimum absolute atomic E-state index is 0.145. The Kier molecular flexibility index (Phi) is 4.34. The van der Waals surface area contributed by atoms with Crippen LogP contribution in [0.3, 0.4) is 0 Å². The maximum Gasteiger partial charge on any atom is 0.254 e. The molecule has 4 nitrogen and oxygen atoms in total. The highest BCUT2D eigenvalue weighted by Gasteiger charge is 2.17. The first-order chi connectivity index (χ1) is 9.00. The first-order valence-corrected chi connectivity index (χ1v) is 6.52. The zero-order chi connectivity index (χ0) is 14.0. The van der Waals surface area contributed by atoms with Crippen LogP contribution in [0.2, 0.25) is 15.1 Å². The van der Waals surface area contributed by atoms with Crippen molar-refractivity contribution in [3.05, 3.63) is 51.0 Å². The van der Waals surface area contributed by atoms with E-state index in [1.807, 2.05) is 11.6 Å². The maximum atomic E-state index is 12.1. The van der Waals surface area contributed by atoms with E-state index in [9.17, 15) is 4.79 Å². The predicted molar refractivity (Wildman–Crippen MR) is 75.9 cm³/mol. The van der Waals surface area contributed by atoms with E-state index in [-0.39, 0.29) is 33.1 Å². The molecule has 1 heterocycles. The summed E-state index contributed by atoms with van der Waals surface area (Å²) in [5, 5.41) is 3.39. The quantitative estimate of drug-likeness (QED) is 0.883. The molecule has 0 aliphatic rings. The molecule has 0 bridgehead atoms. The third-order valence-corrected chi connectivity index (χ3v) is 3.72. The molecule has 7 heteroatoms. The van der Waals surface area contributed by atoms with E-state index in [1.165, 1.54) is 6.07 Å². The molecule has 0 saturated carbocycles. The summed E-state index contributed by atoms with van der Waals surface area (Å²) >= 11 is 17.8. The molecule has 1 aromatic heterocycles. The van der Waals surface area contributed by atoms with E-state index in [0.29, 0.717) is 0 Å². The summed E-state index contributed by atoms with van der Waals surface area (Å²) < 4.78 is 1.81. The van der Waals surface area contributed by atoms with Crippen LogP contribution < -0.4 is 5.32 Å². The summed E-state index contributed by atoms with van der Waals surface area (Å²) in [5.41, 5.74) is 0.171. The van der Waals surface area contributed by atoms with Gasteiger partial charge in [0.1, 0.15) is 5.82 Å².